The zero-order valence-electron chi connectivity index (χ0n) is 18.0. The van der Waals surface area contributed by atoms with E-state index in [1.165, 1.54) is 0 Å². The van der Waals surface area contributed by atoms with Gasteiger partial charge in [-0.25, -0.2) is 14.6 Å². The van der Waals surface area contributed by atoms with Gasteiger partial charge in [0.05, 0.1) is 29.5 Å². The molecule has 0 aliphatic carbocycles. The van der Waals surface area contributed by atoms with Gasteiger partial charge in [-0.2, -0.15) is 5.10 Å². The average Bonchev–Trinajstić information content (AvgIpc) is 3.38. The van der Waals surface area contributed by atoms with Crippen LogP contribution in [0.1, 0.15) is 21.6 Å². The Morgan fingerprint density at radius 2 is 1.97 bits per heavy atom. The average molecular weight is 458 g/mol. The number of aromatic nitrogens is 6. The predicted molar refractivity (Wildman–Crippen MR) is 127 cm³/mol. The van der Waals surface area contributed by atoms with Gasteiger partial charge >= 0.3 is 0 Å². The van der Waals surface area contributed by atoms with Gasteiger partial charge in [-0.1, -0.05) is 41.9 Å². The molecule has 0 aliphatic rings. The summed E-state index contributed by atoms with van der Waals surface area (Å²) in [7, 11) is 1.87. The number of nitrogens with one attached hydrogen (secondary N) is 1. The topological polar surface area (TPSA) is 90.5 Å². The van der Waals surface area contributed by atoms with Gasteiger partial charge in [0.1, 0.15) is 6.33 Å². The Balaban J connectivity index is 1.45. The number of amides is 1. The van der Waals surface area contributed by atoms with Crippen molar-refractivity contribution in [2.24, 2.45) is 7.05 Å². The summed E-state index contributed by atoms with van der Waals surface area (Å²) >= 11 is 6.06. The zero-order chi connectivity index (χ0) is 22.9. The minimum atomic E-state index is -0.308. The van der Waals surface area contributed by atoms with Crippen molar-refractivity contribution < 1.29 is 4.79 Å². The molecule has 1 N–H and O–H groups in total. The molecule has 0 unspecified atom stereocenters. The third kappa shape index (κ3) is 4.20. The fourth-order valence-corrected chi connectivity index (χ4v) is 3.88. The van der Waals surface area contributed by atoms with Crippen LogP contribution in [0.25, 0.3) is 22.2 Å². The second kappa shape index (κ2) is 8.48. The molecule has 0 fully saturated rings. The second-order valence-corrected chi connectivity index (χ2v) is 8.13. The summed E-state index contributed by atoms with van der Waals surface area (Å²) in [6.45, 7) is 2.46. The monoisotopic (exact) mass is 457 g/mol. The molecule has 1 amide bonds. The summed E-state index contributed by atoms with van der Waals surface area (Å²) in [5.41, 5.74) is 4.73. The summed E-state index contributed by atoms with van der Waals surface area (Å²) < 4.78 is 3.43. The molecule has 0 atom stereocenters. The van der Waals surface area contributed by atoms with Gasteiger partial charge in [0.15, 0.2) is 0 Å². The maximum atomic E-state index is 13.2. The number of benzene rings is 2. The largest absolute Gasteiger partial charge is 0.289 e. The zero-order valence-corrected chi connectivity index (χ0v) is 18.8. The second-order valence-electron chi connectivity index (χ2n) is 7.69. The van der Waals surface area contributed by atoms with Crippen molar-refractivity contribution in [1.29, 1.82) is 0 Å². The van der Waals surface area contributed by atoms with Crippen molar-refractivity contribution in [3.05, 3.63) is 89.0 Å². The number of carbonyl (C=O) groups is 1. The van der Waals surface area contributed by atoms with Crippen molar-refractivity contribution in [2.45, 2.75) is 13.5 Å². The Hall–Kier alpha value is -4.04. The number of carbonyl (C=O) groups excluding carboxylic acids is 1. The first-order valence-corrected chi connectivity index (χ1v) is 10.7. The highest BCUT2D eigenvalue weighted by atomic mass is 35.5. The molecular formula is C24H20ClN7O. The number of pyridine rings is 1. The first kappa shape index (κ1) is 20.8. The Morgan fingerprint density at radius 1 is 1.12 bits per heavy atom. The van der Waals surface area contributed by atoms with E-state index >= 15 is 0 Å². The van der Waals surface area contributed by atoms with E-state index in [1.807, 2.05) is 62.5 Å². The SMILES string of the molecule is Cc1c(-c2cc(C(=O)Nc3ncn(Cc4cccc(Cl)c4)n3)c3ccccc3n2)cnn1C. The van der Waals surface area contributed by atoms with Gasteiger partial charge in [-0.15, -0.1) is 5.10 Å². The number of hydrogen-bond acceptors (Lipinski definition) is 5. The smallest absolute Gasteiger partial charge is 0.258 e. The molecular weight excluding hydrogens is 438 g/mol. The van der Waals surface area contributed by atoms with Crippen LogP contribution in [-0.2, 0) is 13.6 Å². The van der Waals surface area contributed by atoms with Crippen LogP contribution in [0, 0.1) is 6.92 Å². The van der Waals surface area contributed by atoms with Gasteiger partial charge < -0.3 is 0 Å². The molecule has 0 radical (unpaired) electrons. The molecule has 0 saturated carbocycles. The lowest BCUT2D eigenvalue weighted by atomic mass is 10.0. The lowest BCUT2D eigenvalue weighted by Gasteiger charge is -2.09. The van der Waals surface area contributed by atoms with Crippen LogP contribution in [0.3, 0.4) is 0 Å². The van der Waals surface area contributed by atoms with Gasteiger partial charge in [0.25, 0.3) is 5.91 Å². The first-order chi connectivity index (χ1) is 16.0. The Labute approximate surface area is 194 Å². The van der Waals surface area contributed by atoms with Crippen LogP contribution >= 0.6 is 11.6 Å². The molecule has 9 heteroatoms. The minimum Gasteiger partial charge on any atom is -0.289 e. The molecule has 3 aromatic heterocycles. The molecule has 3 heterocycles. The summed E-state index contributed by atoms with van der Waals surface area (Å²) in [5, 5.41) is 12.9. The van der Waals surface area contributed by atoms with E-state index in [4.69, 9.17) is 16.6 Å². The number of nitrogens with zero attached hydrogens (tertiary/aromatic N) is 6. The van der Waals surface area contributed by atoms with Crippen LogP contribution in [0.4, 0.5) is 5.95 Å². The standard InChI is InChI=1S/C24H20ClN7O/c1-15-20(12-27-31(15)2)22-11-19(18-8-3-4-9-21(18)28-22)23(33)29-24-26-14-32(30-24)13-16-6-5-7-17(25)10-16/h3-12,14H,13H2,1-2H3,(H,29,30,33). The minimum absolute atomic E-state index is 0.224. The summed E-state index contributed by atoms with van der Waals surface area (Å²) in [6.07, 6.45) is 3.33. The first-order valence-electron chi connectivity index (χ1n) is 10.3. The van der Waals surface area contributed by atoms with E-state index in [0.29, 0.717) is 22.8 Å². The summed E-state index contributed by atoms with van der Waals surface area (Å²) in [5.74, 6) is -0.0843. The van der Waals surface area contributed by atoms with Crippen molar-refractivity contribution in [3.63, 3.8) is 0 Å². The number of anilines is 1. The summed E-state index contributed by atoms with van der Waals surface area (Å²) in [6, 6.07) is 16.9. The molecule has 0 saturated heterocycles. The quantitative estimate of drug-likeness (QED) is 0.420. The maximum absolute atomic E-state index is 13.2. The fourth-order valence-electron chi connectivity index (χ4n) is 3.67. The Morgan fingerprint density at radius 3 is 2.76 bits per heavy atom. The van der Waals surface area contributed by atoms with Gasteiger partial charge in [-0.3, -0.25) is 14.8 Å². The normalized spacial score (nSPS) is 11.1. The number of aryl methyl sites for hydroxylation is 1. The highest BCUT2D eigenvalue weighted by Gasteiger charge is 2.17. The highest BCUT2D eigenvalue weighted by Crippen LogP contribution is 2.27. The molecule has 0 spiro atoms. The van der Waals surface area contributed by atoms with E-state index in [9.17, 15) is 4.79 Å². The highest BCUT2D eigenvalue weighted by molar-refractivity contribution is 6.30. The van der Waals surface area contributed by atoms with Gasteiger partial charge in [0.2, 0.25) is 5.95 Å². The molecule has 33 heavy (non-hydrogen) atoms. The molecule has 0 aliphatic heterocycles. The third-order valence-corrected chi connectivity index (χ3v) is 5.70. The molecule has 8 nitrogen and oxygen atoms in total. The van der Waals surface area contributed by atoms with Crippen molar-refractivity contribution in [2.75, 3.05) is 5.32 Å². The van der Waals surface area contributed by atoms with Crippen LogP contribution in [-0.4, -0.2) is 35.4 Å². The van der Waals surface area contributed by atoms with E-state index in [-0.39, 0.29) is 11.9 Å². The van der Waals surface area contributed by atoms with Crippen molar-refractivity contribution in [1.82, 2.24) is 29.5 Å². The number of hydrogen-bond donors (Lipinski definition) is 1. The number of fused-ring (bicyclic) bond motifs is 1. The third-order valence-electron chi connectivity index (χ3n) is 5.47. The number of halogens is 1. The van der Waals surface area contributed by atoms with Gasteiger partial charge in [0, 0.05) is 28.7 Å². The lowest BCUT2D eigenvalue weighted by molar-refractivity contribution is 0.102. The Kier molecular flexibility index (Phi) is 5.35. The van der Waals surface area contributed by atoms with E-state index in [1.54, 1.807) is 28.0 Å². The van der Waals surface area contributed by atoms with Crippen LogP contribution in [0.2, 0.25) is 5.02 Å². The molecule has 164 valence electrons. The molecule has 0 bridgehead atoms. The van der Waals surface area contributed by atoms with Crippen molar-refractivity contribution >= 4 is 34.4 Å². The predicted octanol–water partition coefficient (Wildman–Crippen LogP) is 4.49. The summed E-state index contributed by atoms with van der Waals surface area (Å²) in [4.78, 5) is 22.2. The maximum Gasteiger partial charge on any atom is 0.258 e. The van der Waals surface area contributed by atoms with Gasteiger partial charge in [-0.05, 0) is 36.8 Å². The molecule has 2 aromatic carbocycles. The molecule has 5 aromatic rings. The molecule has 5 rings (SSSR count). The van der Waals surface area contributed by atoms with Crippen LogP contribution < -0.4 is 5.32 Å². The van der Waals surface area contributed by atoms with E-state index in [0.717, 1.165) is 27.7 Å². The van der Waals surface area contributed by atoms with Crippen molar-refractivity contribution in [3.8, 4) is 11.3 Å². The Bertz CT molecular complexity index is 1490. The number of para-hydroxylation sites is 1. The van der Waals surface area contributed by atoms with E-state index in [2.05, 4.69) is 20.5 Å². The van der Waals surface area contributed by atoms with Crippen LogP contribution in [0.5, 0.6) is 0 Å². The van der Waals surface area contributed by atoms with Crippen LogP contribution in [0.15, 0.2) is 67.1 Å². The fraction of sp³-hybridized carbons (Fsp3) is 0.125. The number of rotatable bonds is 5. The lowest BCUT2D eigenvalue weighted by Crippen LogP contribution is -2.14. The van der Waals surface area contributed by atoms with E-state index < -0.39 is 0 Å².